The van der Waals surface area contributed by atoms with Gasteiger partial charge >= 0.3 is 6.09 Å². The Morgan fingerprint density at radius 2 is 2.12 bits per heavy atom. The smallest absolute Gasteiger partial charge is 0.411 e. The highest BCUT2D eigenvalue weighted by molar-refractivity contribution is 8.13. The van der Waals surface area contributed by atoms with E-state index in [9.17, 15) is 13.2 Å². The molecule has 1 rings (SSSR count). The molecule has 0 aliphatic rings. The van der Waals surface area contributed by atoms with Crippen LogP contribution in [0.1, 0.15) is 12.5 Å². The second kappa shape index (κ2) is 5.37. The minimum atomic E-state index is -3.76. The predicted molar refractivity (Wildman–Crippen MR) is 64.9 cm³/mol. The summed E-state index contributed by atoms with van der Waals surface area (Å²) in [6.07, 6.45) is -0.589. The molecule has 17 heavy (non-hydrogen) atoms. The fourth-order valence-corrected chi connectivity index (χ4v) is 2.48. The van der Waals surface area contributed by atoms with Gasteiger partial charge in [-0.05, 0) is 37.6 Å². The maximum atomic E-state index is 11.1. The Morgan fingerprint density at radius 3 is 2.59 bits per heavy atom. The first-order valence-corrected chi connectivity index (χ1v) is 7.14. The van der Waals surface area contributed by atoms with E-state index < -0.39 is 15.1 Å². The number of benzene rings is 1. The Balaban J connectivity index is 2.94. The zero-order valence-electron chi connectivity index (χ0n) is 9.36. The molecule has 94 valence electrons. The van der Waals surface area contributed by atoms with E-state index in [1.807, 2.05) is 0 Å². The summed E-state index contributed by atoms with van der Waals surface area (Å²) in [7, 11) is 1.47. The first kappa shape index (κ1) is 13.8. The third-order valence-corrected chi connectivity index (χ3v) is 3.44. The summed E-state index contributed by atoms with van der Waals surface area (Å²) in [5.74, 6) is 0. The minimum absolute atomic E-state index is 0.0218. The maximum absolute atomic E-state index is 11.1. The Bertz CT molecular complexity index is 527. The number of anilines is 1. The van der Waals surface area contributed by atoms with Crippen molar-refractivity contribution >= 4 is 31.5 Å². The average molecular weight is 278 g/mol. The third kappa shape index (κ3) is 3.90. The van der Waals surface area contributed by atoms with Gasteiger partial charge in [0, 0.05) is 16.4 Å². The number of carbonyl (C=O) groups excluding carboxylic acids is 1. The van der Waals surface area contributed by atoms with Gasteiger partial charge in [-0.1, -0.05) is 0 Å². The van der Waals surface area contributed by atoms with Crippen LogP contribution in [0.3, 0.4) is 0 Å². The molecule has 0 unspecified atom stereocenters. The lowest BCUT2D eigenvalue weighted by Crippen LogP contribution is -2.13. The average Bonchev–Trinajstić information content (AvgIpc) is 2.15. The first-order valence-electron chi connectivity index (χ1n) is 4.83. The molecule has 0 heterocycles. The third-order valence-electron chi connectivity index (χ3n) is 1.96. The van der Waals surface area contributed by atoms with Crippen molar-refractivity contribution in [2.45, 2.75) is 18.7 Å². The number of carbonyl (C=O) groups is 1. The van der Waals surface area contributed by atoms with Gasteiger partial charge in [-0.25, -0.2) is 13.2 Å². The summed E-state index contributed by atoms with van der Waals surface area (Å²) in [5.41, 5.74) is 0.902. The molecule has 1 amide bonds. The van der Waals surface area contributed by atoms with E-state index in [-0.39, 0.29) is 11.5 Å². The van der Waals surface area contributed by atoms with Gasteiger partial charge in [-0.3, -0.25) is 5.32 Å². The van der Waals surface area contributed by atoms with Crippen LogP contribution in [-0.4, -0.2) is 21.1 Å². The van der Waals surface area contributed by atoms with Crippen LogP contribution in [0.15, 0.2) is 23.1 Å². The second-order valence-electron chi connectivity index (χ2n) is 3.26. The fourth-order valence-electron chi connectivity index (χ4n) is 1.29. The maximum Gasteiger partial charge on any atom is 0.411 e. The molecular formula is C10H12ClNO4S. The van der Waals surface area contributed by atoms with Crippen LogP contribution in [0.4, 0.5) is 10.5 Å². The molecule has 0 spiro atoms. The van der Waals surface area contributed by atoms with Crippen LogP contribution >= 0.6 is 10.7 Å². The van der Waals surface area contributed by atoms with Crippen molar-refractivity contribution in [2.75, 3.05) is 11.9 Å². The van der Waals surface area contributed by atoms with Gasteiger partial charge in [0.1, 0.15) is 0 Å². The monoisotopic (exact) mass is 277 g/mol. The van der Waals surface area contributed by atoms with Gasteiger partial charge in [0.25, 0.3) is 9.05 Å². The number of rotatable bonds is 3. The van der Waals surface area contributed by atoms with Crippen LogP contribution in [0, 0.1) is 6.92 Å². The highest BCUT2D eigenvalue weighted by Gasteiger charge is 2.14. The Labute approximate surface area is 104 Å². The molecule has 0 atom stereocenters. The number of hydrogen-bond donors (Lipinski definition) is 1. The van der Waals surface area contributed by atoms with Crippen LogP contribution in [0.2, 0.25) is 0 Å². The fraction of sp³-hybridized carbons (Fsp3) is 0.300. The normalized spacial score (nSPS) is 11.0. The number of nitrogens with one attached hydrogen (secondary N) is 1. The lowest BCUT2D eigenvalue weighted by atomic mass is 10.2. The molecule has 1 aromatic rings. The van der Waals surface area contributed by atoms with E-state index >= 15 is 0 Å². The molecule has 0 fully saturated rings. The predicted octanol–water partition coefficient (Wildman–Crippen LogP) is 2.49. The molecule has 0 radical (unpaired) electrons. The van der Waals surface area contributed by atoms with Crippen molar-refractivity contribution in [3.63, 3.8) is 0 Å². The molecule has 1 N–H and O–H groups in total. The van der Waals surface area contributed by atoms with Crippen LogP contribution in [0.5, 0.6) is 0 Å². The van der Waals surface area contributed by atoms with Gasteiger partial charge in [-0.2, -0.15) is 0 Å². The van der Waals surface area contributed by atoms with E-state index in [4.69, 9.17) is 10.7 Å². The summed E-state index contributed by atoms with van der Waals surface area (Å²) in [4.78, 5) is 11.1. The number of halogens is 1. The van der Waals surface area contributed by atoms with Crippen LogP contribution < -0.4 is 5.32 Å². The Hall–Kier alpha value is -1.27. The first-order chi connectivity index (χ1) is 7.84. The zero-order chi connectivity index (χ0) is 13.1. The molecule has 0 saturated heterocycles. The molecule has 0 saturated carbocycles. The molecule has 1 aromatic carbocycles. The van der Waals surface area contributed by atoms with Gasteiger partial charge < -0.3 is 4.74 Å². The van der Waals surface area contributed by atoms with Crippen molar-refractivity contribution in [3.05, 3.63) is 23.8 Å². The van der Waals surface area contributed by atoms with E-state index in [1.54, 1.807) is 13.8 Å². The summed E-state index contributed by atoms with van der Waals surface area (Å²) in [6, 6.07) is 4.28. The SMILES string of the molecule is CCOC(=O)Nc1ccc(S(=O)(=O)Cl)c(C)c1. The molecule has 0 aliphatic carbocycles. The molecule has 5 nitrogen and oxygen atoms in total. The lowest BCUT2D eigenvalue weighted by molar-refractivity contribution is 0.168. The number of ether oxygens (including phenoxy) is 1. The quantitative estimate of drug-likeness (QED) is 0.862. The minimum Gasteiger partial charge on any atom is -0.450 e. The summed E-state index contributed by atoms with van der Waals surface area (Å²) >= 11 is 0. The van der Waals surface area contributed by atoms with Gasteiger partial charge in [0.2, 0.25) is 0 Å². The summed E-state index contributed by atoms with van der Waals surface area (Å²) in [5, 5.41) is 2.46. The van der Waals surface area contributed by atoms with Crippen molar-refractivity contribution in [1.82, 2.24) is 0 Å². The summed E-state index contributed by atoms with van der Waals surface area (Å²) < 4.78 is 27.0. The zero-order valence-corrected chi connectivity index (χ0v) is 10.9. The molecule has 0 aliphatic heterocycles. The highest BCUT2D eigenvalue weighted by Crippen LogP contribution is 2.22. The Kier molecular flexibility index (Phi) is 4.36. The number of hydrogen-bond acceptors (Lipinski definition) is 4. The Morgan fingerprint density at radius 1 is 1.47 bits per heavy atom. The van der Waals surface area contributed by atoms with Crippen molar-refractivity contribution < 1.29 is 17.9 Å². The van der Waals surface area contributed by atoms with Gasteiger partial charge in [-0.15, -0.1) is 0 Å². The van der Waals surface area contributed by atoms with Crippen LogP contribution in [0.25, 0.3) is 0 Å². The standard InChI is InChI=1S/C10H12ClNO4S/c1-3-16-10(13)12-8-4-5-9(7(2)6-8)17(11,14)15/h4-6H,3H2,1-2H3,(H,12,13). The number of aryl methyl sites for hydroxylation is 1. The van der Waals surface area contributed by atoms with E-state index in [2.05, 4.69) is 10.1 Å². The lowest BCUT2D eigenvalue weighted by Gasteiger charge is -2.07. The largest absolute Gasteiger partial charge is 0.450 e. The van der Waals surface area contributed by atoms with Crippen molar-refractivity contribution in [3.8, 4) is 0 Å². The van der Waals surface area contributed by atoms with Crippen molar-refractivity contribution in [2.24, 2.45) is 0 Å². The summed E-state index contributed by atoms with van der Waals surface area (Å²) in [6.45, 7) is 3.54. The van der Waals surface area contributed by atoms with E-state index in [0.29, 0.717) is 11.3 Å². The van der Waals surface area contributed by atoms with E-state index in [0.717, 1.165) is 0 Å². The second-order valence-corrected chi connectivity index (χ2v) is 5.80. The van der Waals surface area contributed by atoms with Gasteiger partial charge in [0.15, 0.2) is 0 Å². The van der Waals surface area contributed by atoms with Crippen molar-refractivity contribution in [1.29, 1.82) is 0 Å². The molecule has 7 heteroatoms. The van der Waals surface area contributed by atoms with Gasteiger partial charge in [0.05, 0.1) is 11.5 Å². The molecular weight excluding hydrogens is 266 g/mol. The topological polar surface area (TPSA) is 72.5 Å². The molecule has 0 aromatic heterocycles. The highest BCUT2D eigenvalue weighted by atomic mass is 35.7. The van der Waals surface area contributed by atoms with E-state index in [1.165, 1.54) is 18.2 Å². The van der Waals surface area contributed by atoms with Crippen LogP contribution in [-0.2, 0) is 13.8 Å². The number of amides is 1. The molecule has 0 bridgehead atoms.